The van der Waals surface area contributed by atoms with E-state index in [2.05, 4.69) is 24.0 Å². The summed E-state index contributed by atoms with van der Waals surface area (Å²) in [7, 11) is 0. The molecule has 1 aromatic heterocycles. The Kier molecular flexibility index (Phi) is 3.91. The van der Waals surface area contributed by atoms with Crippen molar-refractivity contribution in [2.24, 2.45) is 0 Å². The van der Waals surface area contributed by atoms with E-state index in [1.165, 1.54) is 5.56 Å². The Morgan fingerprint density at radius 1 is 1.14 bits per heavy atom. The van der Waals surface area contributed by atoms with Crippen LogP contribution in [0.2, 0.25) is 5.02 Å². The van der Waals surface area contributed by atoms with Crippen molar-refractivity contribution in [1.82, 2.24) is 4.98 Å². The molecule has 21 heavy (non-hydrogen) atoms. The van der Waals surface area contributed by atoms with Crippen LogP contribution in [-0.2, 0) is 6.42 Å². The monoisotopic (exact) mass is 297 g/mol. The van der Waals surface area contributed by atoms with Gasteiger partial charge in [-0.05, 0) is 30.7 Å². The third-order valence-corrected chi connectivity index (χ3v) is 3.95. The van der Waals surface area contributed by atoms with E-state index >= 15 is 0 Å². The highest BCUT2D eigenvalue weighted by Gasteiger charge is 2.14. The molecule has 0 bridgehead atoms. The lowest BCUT2D eigenvalue weighted by molar-refractivity contribution is 0.180. The smallest absolute Gasteiger partial charge is 0.0851 e. The molecule has 0 aliphatic rings. The molecule has 3 aromatic rings. The summed E-state index contributed by atoms with van der Waals surface area (Å²) in [5, 5.41) is 12.1. The number of hydrogen-bond donors (Lipinski definition) is 1. The standard InChI is InChI=1S/C18H16ClNO/c1-12-4-2-5-13(10-12)11-17(21)15-7-8-16(19)14-6-3-9-20-18(14)15/h2-10,17,21H,11H2,1H3. The van der Waals surface area contributed by atoms with E-state index in [0.29, 0.717) is 11.4 Å². The maximum Gasteiger partial charge on any atom is 0.0851 e. The molecule has 3 heteroatoms. The lowest BCUT2D eigenvalue weighted by Gasteiger charge is -2.14. The largest absolute Gasteiger partial charge is 0.388 e. The van der Waals surface area contributed by atoms with Crippen molar-refractivity contribution in [3.63, 3.8) is 0 Å². The summed E-state index contributed by atoms with van der Waals surface area (Å²) in [6.07, 6.45) is 1.69. The van der Waals surface area contributed by atoms with Crippen LogP contribution in [0.4, 0.5) is 0 Å². The molecule has 2 aromatic carbocycles. The topological polar surface area (TPSA) is 33.1 Å². The summed E-state index contributed by atoms with van der Waals surface area (Å²) in [6.45, 7) is 2.05. The van der Waals surface area contributed by atoms with Crippen LogP contribution in [0.5, 0.6) is 0 Å². The van der Waals surface area contributed by atoms with Crippen molar-refractivity contribution in [3.05, 3.63) is 76.4 Å². The van der Waals surface area contributed by atoms with Crippen molar-refractivity contribution in [1.29, 1.82) is 0 Å². The van der Waals surface area contributed by atoms with Crippen LogP contribution in [0.1, 0.15) is 22.8 Å². The molecular weight excluding hydrogens is 282 g/mol. The summed E-state index contributed by atoms with van der Waals surface area (Å²) in [4.78, 5) is 4.38. The minimum atomic E-state index is -0.596. The quantitative estimate of drug-likeness (QED) is 0.773. The average molecular weight is 298 g/mol. The number of aryl methyl sites for hydroxylation is 1. The van der Waals surface area contributed by atoms with Gasteiger partial charge in [0.2, 0.25) is 0 Å². The summed E-state index contributed by atoms with van der Waals surface area (Å²) in [5.74, 6) is 0. The Labute approximate surface area is 129 Å². The van der Waals surface area contributed by atoms with Gasteiger partial charge in [-0.25, -0.2) is 0 Å². The van der Waals surface area contributed by atoms with Gasteiger partial charge in [0.25, 0.3) is 0 Å². The first-order chi connectivity index (χ1) is 10.1. The van der Waals surface area contributed by atoms with Crippen LogP contribution >= 0.6 is 11.6 Å². The van der Waals surface area contributed by atoms with Crippen LogP contribution in [0, 0.1) is 6.92 Å². The van der Waals surface area contributed by atoms with Crippen molar-refractivity contribution in [3.8, 4) is 0 Å². The molecule has 0 amide bonds. The molecule has 0 aliphatic carbocycles. The van der Waals surface area contributed by atoms with Crippen LogP contribution < -0.4 is 0 Å². The van der Waals surface area contributed by atoms with E-state index in [1.807, 2.05) is 36.4 Å². The molecular formula is C18H16ClNO. The molecule has 0 saturated heterocycles. The van der Waals surface area contributed by atoms with Gasteiger partial charge in [-0.15, -0.1) is 0 Å². The lowest BCUT2D eigenvalue weighted by atomic mass is 9.98. The van der Waals surface area contributed by atoms with E-state index in [9.17, 15) is 5.11 Å². The highest BCUT2D eigenvalue weighted by molar-refractivity contribution is 6.35. The Morgan fingerprint density at radius 2 is 2.00 bits per heavy atom. The summed E-state index contributed by atoms with van der Waals surface area (Å²) < 4.78 is 0. The zero-order valence-electron chi connectivity index (χ0n) is 11.8. The Morgan fingerprint density at radius 3 is 2.81 bits per heavy atom. The van der Waals surface area contributed by atoms with Gasteiger partial charge in [0.05, 0.1) is 11.6 Å². The molecule has 0 saturated carbocycles. The summed E-state index contributed by atoms with van der Waals surface area (Å²) in [5.41, 5.74) is 3.89. The van der Waals surface area contributed by atoms with Gasteiger partial charge in [-0.3, -0.25) is 4.98 Å². The number of rotatable bonds is 3. The highest BCUT2D eigenvalue weighted by Crippen LogP contribution is 2.30. The van der Waals surface area contributed by atoms with Crippen LogP contribution in [0.3, 0.4) is 0 Å². The highest BCUT2D eigenvalue weighted by atomic mass is 35.5. The minimum Gasteiger partial charge on any atom is -0.388 e. The van der Waals surface area contributed by atoms with E-state index in [-0.39, 0.29) is 0 Å². The Bertz CT molecular complexity index is 785. The maximum absolute atomic E-state index is 10.6. The molecule has 106 valence electrons. The molecule has 3 rings (SSSR count). The van der Waals surface area contributed by atoms with Gasteiger partial charge in [0.15, 0.2) is 0 Å². The lowest BCUT2D eigenvalue weighted by Crippen LogP contribution is -2.03. The number of aromatic nitrogens is 1. The molecule has 0 spiro atoms. The number of benzene rings is 2. The summed E-state index contributed by atoms with van der Waals surface area (Å²) >= 11 is 6.19. The van der Waals surface area contributed by atoms with E-state index in [4.69, 9.17) is 11.6 Å². The van der Waals surface area contributed by atoms with Gasteiger partial charge in [-0.2, -0.15) is 0 Å². The number of pyridine rings is 1. The SMILES string of the molecule is Cc1cccc(CC(O)c2ccc(Cl)c3cccnc23)c1. The molecule has 0 fully saturated rings. The zero-order valence-corrected chi connectivity index (χ0v) is 12.5. The van der Waals surface area contributed by atoms with E-state index < -0.39 is 6.10 Å². The first kappa shape index (κ1) is 14.1. The maximum atomic E-state index is 10.6. The van der Waals surface area contributed by atoms with Gasteiger partial charge in [-0.1, -0.05) is 47.5 Å². The molecule has 0 radical (unpaired) electrons. The Balaban J connectivity index is 1.98. The van der Waals surface area contributed by atoms with E-state index in [1.54, 1.807) is 6.20 Å². The number of aliphatic hydroxyl groups excluding tert-OH is 1. The average Bonchev–Trinajstić information content (AvgIpc) is 2.48. The molecule has 0 aliphatic heterocycles. The predicted molar refractivity (Wildman–Crippen MR) is 86.6 cm³/mol. The second-order valence-corrected chi connectivity index (χ2v) is 5.65. The fourth-order valence-corrected chi connectivity index (χ4v) is 2.82. The number of halogens is 1. The normalized spacial score (nSPS) is 12.5. The first-order valence-corrected chi connectivity index (χ1v) is 7.29. The molecule has 1 unspecified atom stereocenters. The summed E-state index contributed by atoms with van der Waals surface area (Å²) in [6, 6.07) is 15.6. The molecule has 1 N–H and O–H groups in total. The number of aliphatic hydroxyl groups is 1. The number of hydrogen-bond acceptors (Lipinski definition) is 2. The van der Waals surface area contributed by atoms with Gasteiger partial charge in [0, 0.05) is 28.6 Å². The fraction of sp³-hybridized carbons (Fsp3) is 0.167. The molecule has 1 heterocycles. The van der Waals surface area contributed by atoms with E-state index in [0.717, 1.165) is 22.0 Å². The van der Waals surface area contributed by atoms with Crippen molar-refractivity contribution < 1.29 is 5.11 Å². The van der Waals surface area contributed by atoms with Gasteiger partial charge < -0.3 is 5.11 Å². The third kappa shape index (κ3) is 2.92. The number of fused-ring (bicyclic) bond motifs is 1. The second kappa shape index (κ2) is 5.84. The van der Waals surface area contributed by atoms with Gasteiger partial charge >= 0.3 is 0 Å². The first-order valence-electron chi connectivity index (χ1n) is 6.92. The molecule has 1 atom stereocenters. The van der Waals surface area contributed by atoms with Crippen LogP contribution in [0.25, 0.3) is 10.9 Å². The fourth-order valence-electron chi connectivity index (χ4n) is 2.60. The Hall–Kier alpha value is -1.90. The third-order valence-electron chi connectivity index (χ3n) is 3.62. The van der Waals surface area contributed by atoms with Crippen LogP contribution in [-0.4, -0.2) is 10.1 Å². The van der Waals surface area contributed by atoms with Crippen molar-refractivity contribution in [2.75, 3.05) is 0 Å². The van der Waals surface area contributed by atoms with Crippen molar-refractivity contribution in [2.45, 2.75) is 19.4 Å². The minimum absolute atomic E-state index is 0.564. The van der Waals surface area contributed by atoms with Crippen molar-refractivity contribution >= 4 is 22.5 Å². The predicted octanol–water partition coefficient (Wildman–Crippen LogP) is 4.47. The number of nitrogens with zero attached hydrogens (tertiary/aromatic N) is 1. The van der Waals surface area contributed by atoms with Crippen LogP contribution in [0.15, 0.2) is 54.7 Å². The zero-order chi connectivity index (χ0) is 14.8. The molecule has 2 nitrogen and oxygen atoms in total. The van der Waals surface area contributed by atoms with Gasteiger partial charge in [0.1, 0.15) is 0 Å². The second-order valence-electron chi connectivity index (χ2n) is 5.25.